The monoisotopic (exact) mass is 390 g/mol. The highest BCUT2D eigenvalue weighted by Gasteiger charge is 2.20. The Morgan fingerprint density at radius 2 is 0.900 bits per heavy atom. The largest absolute Gasteiger partial charge is 0.707 e. The maximum absolute atomic E-state index is 9.48. The molecule has 0 aromatic heterocycles. The third kappa shape index (κ3) is 3.22. The first-order valence-electron chi connectivity index (χ1n) is 9.84. The molecule has 0 bridgehead atoms. The summed E-state index contributed by atoms with van der Waals surface area (Å²) < 4.78 is 5.42. The van der Waals surface area contributed by atoms with Gasteiger partial charge in [0.25, 0.3) is 0 Å². The molecule has 0 aliphatic heterocycles. The second-order valence-corrected chi connectivity index (χ2v) is 7.18. The van der Waals surface area contributed by atoms with Crippen LogP contribution < -0.4 is 4.65 Å². The van der Waals surface area contributed by atoms with Crippen LogP contribution in [0, 0.1) is 0 Å². The first-order valence-corrected chi connectivity index (χ1v) is 9.84. The highest BCUT2D eigenvalue weighted by Crippen LogP contribution is 2.43. The molecule has 0 aliphatic carbocycles. The molecule has 0 unspecified atom stereocenters. The lowest BCUT2D eigenvalue weighted by molar-refractivity contribution is 0.291. The van der Waals surface area contributed by atoms with Gasteiger partial charge in [0.15, 0.2) is 0 Å². The molecule has 144 valence electrons. The average Bonchev–Trinajstić information content (AvgIpc) is 2.80. The number of fused-ring (bicyclic) bond motifs is 2. The van der Waals surface area contributed by atoms with Crippen LogP contribution in [0.5, 0.6) is 5.75 Å². The minimum Gasteiger partial charge on any atom is -0.511 e. The molecule has 0 atom stereocenters. The van der Waals surface area contributed by atoms with Crippen LogP contribution in [-0.2, 0) is 0 Å². The smallest absolute Gasteiger partial charge is 0.511 e. The van der Waals surface area contributed by atoms with Crippen molar-refractivity contribution in [2.45, 2.75) is 0 Å². The van der Waals surface area contributed by atoms with Crippen molar-refractivity contribution in [2.75, 3.05) is 0 Å². The van der Waals surface area contributed by atoms with E-state index in [9.17, 15) is 10.0 Å². The Bertz CT molecular complexity index is 1270. The Labute approximate surface area is 175 Å². The van der Waals surface area contributed by atoms with Crippen molar-refractivity contribution in [3.8, 4) is 28.0 Å². The molecule has 5 rings (SSSR count). The van der Waals surface area contributed by atoms with Crippen LogP contribution in [0.2, 0.25) is 0 Å². The summed E-state index contributed by atoms with van der Waals surface area (Å²) in [5.41, 5.74) is 4.54. The van der Waals surface area contributed by atoms with Gasteiger partial charge >= 0.3 is 7.32 Å². The van der Waals surface area contributed by atoms with E-state index in [-0.39, 0.29) is 0 Å². The lowest BCUT2D eigenvalue weighted by Crippen LogP contribution is -2.21. The first-order chi connectivity index (χ1) is 14.7. The Morgan fingerprint density at radius 1 is 0.467 bits per heavy atom. The van der Waals surface area contributed by atoms with Crippen molar-refractivity contribution in [3.05, 3.63) is 103 Å². The predicted molar refractivity (Wildman–Crippen MR) is 123 cm³/mol. The fraction of sp³-hybridized carbons (Fsp3) is 0. The van der Waals surface area contributed by atoms with Gasteiger partial charge in [-0.25, -0.2) is 0 Å². The van der Waals surface area contributed by atoms with Crippen molar-refractivity contribution in [1.29, 1.82) is 0 Å². The Kier molecular flexibility index (Phi) is 4.72. The quantitative estimate of drug-likeness (QED) is 0.307. The SMILES string of the molecule is OB(O)Oc1c2ccccc2c(-c2ccc(-c3ccccc3)cc2)c2ccccc12. The second-order valence-electron chi connectivity index (χ2n) is 7.18. The third-order valence-electron chi connectivity index (χ3n) is 5.39. The van der Waals surface area contributed by atoms with E-state index in [0.717, 1.165) is 38.2 Å². The molecule has 30 heavy (non-hydrogen) atoms. The van der Waals surface area contributed by atoms with E-state index >= 15 is 0 Å². The molecule has 4 heteroatoms. The molecule has 3 nitrogen and oxygen atoms in total. The van der Waals surface area contributed by atoms with Crippen molar-refractivity contribution < 1.29 is 14.7 Å². The van der Waals surface area contributed by atoms with Crippen LogP contribution in [-0.4, -0.2) is 17.4 Å². The molecule has 0 amide bonds. The molecular weight excluding hydrogens is 371 g/mol. The summed E-state index contributed by atoms with van der Waals surface area (Å²) in [5, 5.41) is 22.6. The number of rotatable bonds is 4. The van der Waals surface area contributed by atoms with Crippen molar-refractivity contribution in [3.63, 3.8) is 0 Å². The molecule has 0 spiro atoms. The minimum atomic E-state index is -1.88. The molecule has 0 aliphatic rings. The Morgan fingerprint density at radius 3 is 1.43 bits per heavy atom. The van der Waals surface area contributed by atoms with Gasteiger partial charge in [0.05, 0.1) is 0 Å². The zero-order valence-electron chi connectivity index (χ0n) is 16.2. The molecule has 0 radical (unpaired) electrons. The summed E-state index contributed by atoms with van der Waals surface area (Å²) in [6, 6.07) is 34.6. The summed E-state index contributed by atoms with van der Waals surface area (Å²) in [4.78, 5) is 0. The fourth-order valence-corrected chi connectivity index (χ4v) is 4.09. The second kappa shape index (κ2) is 7.67. The maximum atomic E-state index is 9.48. The average molecular weight is 390 g/mol. The highest BCUT2D eigenvalue weighted by molar-refractivity contribution is 6.35. The normalized spacial score (nSPS) is 11.0. The van der Waals surface area contributed by atoms with Crippen LogP contribution in [0.25, 0.3) is 43.8 Å². The fourth-order valence-electron chi connectivity index (χ4n) is 4.09. The van der Waals surface area contributed by atoms with Gasteiger partial charge in [-0.05, 0) is 33.0 Å². The van der Waals surface area contributed by atoms with Gasteiger partial charge in [-0.1, -0.05) is 103 Å². The van der Waals surface area contributed by atoms with E-state index in [4.69, 9.17) is 4.65 Å². The number of hydrogen-bond donors (Lipinski definition) is 2. The van der Waals surface area contributed by atoms with Crippen molar-refractivity contribution in [2.24, 2.45) is 0 Å². The molecule has 2 N–H and O–H groups in total. The first kappa shape index (κ1) is 18.4. The number of hydrogen-bond acceptors (Lipinski definition) is 3. The Balaban J connectivity index is 1.77. The molecule has 5 aromatic rings. The van der Waals surface area contributed by atoms with Crippen LogP contribution in [0.3, 0.4) is 0 Å². The van der Waals surface area contributed by atoms with E-state index in [1.807, 2.05) is 66.7 Å². The summed E-state index contributed by atoms with van der Waals surface area (Å²) in [6.45, 7) is 0. The lowest BCUT2D eigenvalue weighted by Gasteiger charge is -2.18. The topological polar surface area (TPSA) is 49.7 Å². The van der Waals surface area contributed by atoms with Crippen molar-refractivity contribution >= 4 is 28.9 Å². The zero-order valence-corrected chi connectivity index (χ0v) is 16.2. The van der Waals surface area contributed by atoms with Gasteiger partial charge in [-0.15, -0.1) is 0 Å². The zero-order chi connectivity index (χ0) is 20.5. The summed E-state index contributed by atoms with van der Waals surface area (Å²) in [6.07, 6.45) is 0. The molecule has 5 aromatic carbocycles. The third-order valence-corrected chi connectivity index (χ3v) is 5.39. The van der Waals surface area contributed by atoms with Crippen LogP contribution in [0.1, 0.15) is 0 Å². The molecule has 0 saturated heterocycles. The van der Waals surface area contributed by atoms with Gasteiger partial charge in [0, 0.05) is 10.8 Å². The van der Waals surface area contributed by atoms with Crippen LogP contribution >= 0.6 is 0 Å². The van der Waals surface area contributed by atoms with Crippen LogP contribution in [0.4, 0.5) is 0 Å². The maximum Gasteiger partial charge on any atom is 0.707 e. The summed E-state index contributed by atoms with van der Waals surface area (Å²) in [5.74, 6) is 0.473. The minimum absolute atomic E-state index is 0.473. The highest BCUT2D eigenvalue weighted by atomic mass is 16.6. The molecule has 0 saturated carbocycles. The molecule has 0 heterocycles. The standard InChI is InChI=1S/C26H19BO3/c28-27(29)30-26-23-12-6-4-10-21(23)25(22-11-5-7-13-24(22)26)20-16-14-19(15-17-20)18-8-2-1-3-9-18/h1-17,28-29H. The predicted octanol–water partition coefficient (Wildman–Crippen LogP) is 5.68. The van der Waals surface area contributed by atoms with E-state index in [2.05, 4.69) is 36.4 Å². The summed E-state index contributed by atoms with van der Waals surface area (Å²) >= 11 is 0. The van der Waals surface area contributed by atoms with Gasteiger partial charge in [-0.2, -0.15) is 0 Å². The number of benzene rings is 5. The van der Waals surface area contributed by atoms with Gasteiger partial charge in [0.2, 0.25) is 0 Å². The molecular formula is C26H19BO3. The summed E-state index contributed by atoms with van der Waals surface area (Å²) in [7, 11) is -1.88. The van der Waals surface area contributed by atoms with E-state index < -0.39 is 7.32 Å². The van der Waals surface area contributed by atoms with E-state index in [1.165, 1.54) is 5.56 Å². The van der Waals surface area contributed by atoms with Gasteiger partial charge in [-0.3, -0.25) is 0 Å². The van der Waals surface area contributed by atoms with Gasteiger partial charge in [0.1, 0.15) is 5.75 Å². The van der Waals surface area contributed by atoms with Gasteiger partial charge < -0.3 is 14.7 Å². The van der Waals surface area contributed by atoms with Crippen LogP contribution in [0.15, 0.2) is 103 Å². The lowest BCUT2D eigenvalue weighted by atomic mass is 9.90. The molecule has 0 fully saturated rings. The van der Waals surface area contributed by atoms with E-state index in [1.54, 1.807) is 0 Å². The van der Waals surface area contributed by atoms with E-state index in [0.29, 0.717) is 5.75 Å². The van der Waals surface area contributed by atoms with Crippen molar-refractivity contribution in [1.82, 2.24) is 0 Å². The Hall–Kier alpha value is -3.60.